The minimum atomic E-state index is -0.169. The van der Waals surface area contributed by atoms with E-state index in [0.29, 0.717) is 28.2 Å². The molecule has 0 bridgehead atoms. The van der Waals surface area contributed by atoms with Crippen LogP contribution in [0.4, 0.5) is 0 Å². The quantitative estimate of drug-likeness (QED) is 0.715. The second-order valence-corrected chi connectivity index (χ2v) is 7.37. The molecule has 6 heteroatoms. The molecule has 2 atom stereocenters. The summed E-state index contributed by atoms with van der Waals surface area (Å²) in [6.45, 7) is 0.857. The van der Waals surface area contributed by atoms with E-state index in [0.717, 1.165) is 24.1 Å². The molecule has 0 aliphatic carbocycles. The van der Waals surface area contributed by atoms with Gasteiger partial charge in [0.15, 0.2) is 5.43 Å². The van der Waals surface area contributed by atoms with Crippen LogP contribution in [-0.4, -0.2) is 50.5 Å². The highest BCUT2D eigenvalue weighted by Gasteiger charge is 2.37. The van der Waals surface area contributed by atoms with E-state index < -0.39 is 0 Å². The number of likely N-dealkylation sites (tertiary alicyclic amines) is 1. The summed E-state index contributed by atoms with van der Waals surface area (Å²) in [5, 5.41) is 10.4. The van der Waals surface area contributed by atoms with Crippen LogP contribution in [0.25, 0.3) is 22.3 Å². The third-order valence-electron chi connectivity index (χ3n) is 5.85. The molecule has 0 radical (unpaired) electrons. The summed E-state index contributed by atoms with van der Waals surface area (Å²) in [5.74, 6) is 1.48. The maximum atomic E-state index is 13.1. The van der Waals surface area contributed by atoms with E-state index in [1.54, 1.807) is 13.2 Å². The number of fused-ring (bicyclic) bond motifs is 1. The second kappa shape index (κ2) is 7.89. The largest absolute Gasteiger partial charge is 0.496 e. The molecule has 1 aliphatic heterocycles. The molecule has 0 saturated carbocycles. The number of likely N-dealkylation sites (N-methyl/N-ethyl adjacent to an activating group) is 1. The highest BCUT2D eigenvalue weighted by molar-refractivity contribution is 5.90. The van der Waals surface area contributed by atoms with Crippen molar-refractivity contribution < 1.29 is 19.0 Å². The molecule has 3 aromatic rings. The smallest absolute Gasteiger partial charge is 0.197 e. The number of hydrogen-bond acceptors (Lipinski definition) is 6. The number of methoxy groups -OCH3 is 2. The van der Waals surface area contributed by atoms with Crippen LogP contribution in [0.3, 0.4) is 0 Å². The summed E-state index contributed by atoms with van der Waals surface area (Å²) in [6.07, 6.45) is 0.832. The summed E-state index contributed by atoms with van der Waals surface area (Å²) < 4.78 is 17.5. The van der Waals surface area contributed by atoms with Crippen LogP contribution in [0.15, 0.2) is 51.7 Å². The first kappa shape index (κ1) is 19.5. The Bertz CT molecular complexity index is 1080. The molecule has 1 saturated heterocycles. The van der Waals surface area contributed by atoms with Crippen molar-refractivity contribution in [2.75, 3.05) is 34.4 Å². The van der Waals surface area contributed by atoms with Crippen LogP contribution >= 0.6 is 0 Å². The fourth-order valence-electron chi connectivity index (χ4n) is 4.33. The number of aliphatic hydroxyl groups excluding tert-OH is 1. The van der Waals surface area contributed by atoms with Crippen molar-refractivity contribution in [1.82, 2.24) is 4.90 Å². The molecule has 1 fully saturated rings. The summed E-state index contributed by atoms with van der Waals surface area (Å²) >= 11 is 0. The van der Waals surface area contributed by atoms with Crippen LogP contribution in [0, 0.1) is 0 Å². The zero-order valence-corrected chi connectivity index (χ0v) is 16.8. The third-order valence-corrected chi connectivity index (χ3v) is 5.85. The standard InChI is InChI=1S/C23H25NO5/c1-24-10-9-15(16(24)13-25)21-19(27-2)12-20(28-3)22-17(26)11-18(29-23(21)22)14-7-5-4-6-8-14/h4-8,11-12,15-16,25H,9-10,13H2,1-3H3/t15?,16-/m1/s1. The van der Waals surface area contributed by atoms with Crippen LogP contribution in [0.5, 0.6) is 11.5 Å². The van der Waals surface area contributed by atoms with E-state index in [1.807, 2.05) is 37.4 Å². The van der Waals surface area contributed by atoms with Gasteiger partial charge in [0.1, 0.15) is 28.2 Å². The maximum absolute atomic E-state index is 13.1. The number of hydrogen-bond donors (Lipinski definition) is 1. The summed E-state index contributed by atoms with van der Waals surface area (Å²) in [4.78, 5) is 15.2. The molecule has 2 aromatic carbocycles. The van der Waals surface area contributed by atoms with Crippen molar-refractivity contribution in [2.24, 2.45) is 0 Å². The lowest BCUT2D eigenvalue weighted by Crippen LogP contribution is -2.32. The molecule has 29 heavy (non-hydrogen) atoms. The number of aliphatic hydroxyl groups is 1. The van der Waals surface area contributed by atoms with Gasteiger partial charge in [0, 0.05) is 35.2 Å². The third kappa shape index (κ3) is 3.28. The van der Waals surface area contributed by atoms with Gasteiger partial charge in [0.25, 0.3) is 0 Å². The fraction of sp³-hybridized carbons (Fsp3) is 0.348. The topological polar surface area (TPSA) is 72.1 Å². The van der Waals surface area contributed by atoms with Crippen molar-refractivity contribution in [3.05, 3.63) is 58.3 Å². The number of benzene rings is 2. The lowest BCUT2D eigenvalue weighted by atomic mass is 9.89. The van der Waals surface area contributed by atoms with Crippen LogP contribution in [0.1, 0.15) is 17.9 Å². The number of ether oxygens (including phenoxy) is 2. The molecular formula is C23H25NO5. The second-order valence-electron chi connectivity index (χ2n) is 7.37. The Morgan fingerprint density at radius 2 is 1.86 bits per heavy atom. The Labute approximate surface area is 169 Å². The van der Waals surface area contributed by atoms with Crippen molar-refractivity contribution in [3.63, 3.8) is 0 Å². The van der Waals surface area contributed by atoms with Gasteiger partial charge in [-0.15, -0.1) is 0 Å². The van der Waals surface area contributed by atoms with Gasteiger partial charge < -0.3 is 23.9 Å². The fourth-order valence-corrected chi connectivity index (χ4v) is 4.33. The van der Waals surface area contributed by atoms with E-state index in [4.69, 9.17) is 13.9 Å². The molecule has 6 nitrogen and oxygen atoms in total. The SMILES string of the molecule is COc1cc(OC)c2c(=O)cc(-c3ccccc3)oc2c1C1CCN(C)[C@@H]1CO. The van der Waals surface area contributed by atoms with Gasteiger partial charge in [-0.3, -0.25) is 4.79 Å². The average Bonchev–Trinajstić information content (AvgIpc) is 3.12. The summed E-state index contributed by atoms with van der Waals surface area (Å²) in [7, 11) is 5.11. The van der Waals surface area contributed by atoms with Gasteiger partial charge in [0.2, 0.25) is 0 Å². The molecule has 1 unspecified atom stereocenters. The lowest BCUT2D eigenvalue weighted by molar-refractivity contribution is 0.171. The maximum Gasteiger partial charge on any atom is 0.197 e. The molecule has 0 amide bonds. The Hall–Kier alpha value is -2.83. The van der Waals surface area contributed by atoms with Gasteiger partial charge in [-0.25, -0.2) is 0 Å². The highest BCUT2D eigenvalue weighted by atomic mass is 16.5. The monoisotopic (exact) mass is 395 g/mol. The van der Waals surface area contributed by atoms with Crippen LogP contribution in [0.2, 0.25) is 0 Å². The summed E-state index contributed by atoms with van der Waals surface area (Å²) in [6, 6.07) is 12.7. The molecule has 1 N–H and O–H groups in total. The van der Waals surface area contributed by atoms with Crippen LogP contribution in [-0.2, 0) is 0 Å². The Kier molecular flexibility index (Phi) is 5.30. The van der Waals surface area contributed by atoms with Crippen molar-refractivity contribution >= 4 is 11.0 Å². The van der Waals surface area contributed by atoms with Crippen molar-refractivity contribution in [1.29, 1.82) is 0 Å². The first-order valence-electron chi connectivity index (χ1n) is 9.68. The molecule has 2 heterocycles. The highest BCUT2D eigenvalue weighted by Crippen LogP contribution is 2.44. The van der Waals surface area contributed by atoms with Gasteiger partial charge in [-0.05, 0) is 20.0 Å². The summed E-state index contributed by atoms with van der Waals surface area (Å²) in [5.41, 5.74) is 1.92. The van der Waals surface area contributed by atoms with Crippen molar-refractivity contribution in [2.45, 2.75) is 18.4 Å². The Morgan fingerprint density at radius 3 is 2.52 bits per heavy atom. The number of rotatable bonds is 5. The van der Waals surface area contributed by atoms with E-state index in [-0.39, 0.29) is 24.0 Å². The van der Waals surface area contributed by atoms with Gasteiger partial charge in [-0.2, -0.15) is 0 Å². The van der Waals surface area contributed by atoms with E-state index in [1.165, 1.54) is 13.2 Å². The predicted molar refractivity (Wildman–Crippen MR) is 112 cm³/mol. The minimum Gasteiger partial charge on any atom is -0.496 e. The normalized spacial score (nSPS) is 19.6. The Balaban J connectivity index is 2.05. The van der Waals surface area contributed by atoms with Crippen LogP contribution < -0.4 is 14.9 Å². The molecule has 4 rings (SSSR count). The van der Waals surface area contributed by atoms with Crippen molar-refractivity contribution in [3.8, 4) is 22.8 Å². The molecule has 1 aliphatic rings. The zero-order valence-electron chi connectivity index (χ0n) is 16.8. The molecule has 0 spiro atoms. The van der Waals surface area contributed by atoms with Gasteiger partial charge >= 0.3 is 0 Å². The molecule has 152 valence electrons. The lowest BCUT2D eigenvalue weighted by Gasteiger charge is -2.25. The average molecular weight is 395 g/mol. The van der Waals surface area contributed by atoms with E-state index >= 15 is 0 Å². The van der Waals surface area contributed by atoms with E-state index in [2.05, 4.69) is 4.90 Å². The first-order chi connectivity index (χ1) is 14.1. The van der Waals surface area contributed by atoms with Gasteiger partial charge in [0.05, 0.1) is 20.8 Å². The first-order valence-corrected chi connectivity index (χ1v) is 9.68. The van der Waals surface area contributed by atoms with E-state index in [9.17, 15) is 9.90 Å². The predicted octanol–water partition coefficient (Wildman–Crippen LogP) is 3.26. The Morgan fingerprint density at radius 1 is 1.14 bits per heavy atom. The molecule has 1 aromatic heterocycles. The van der Waals surface area contributed by atoms with Gasteiger partial charge in [-0.1, -0.05) is 30.3 Å². The minimum absolute atomic E-state index is 0.0143. The molecular weight excluding hydrogens is 370 g/mol. The number of nitrogens with zero attached hydrogens (tertiary/aromatic N) is 1. The zero-order chi connectivity index (χ0) is 20.5.